The Morgan fingerprint density at radius 3 is 2.50 bits per heavy atom. The highest BCUT2D eigenvalue weighted by atomic mass is 19.4. The minimum atomic E-state index is -4.76. The van der Waals surface area contributed by atoms with E-state index in [1.54, 1.807) is 0 Å². The lowest BCUT2D eigenvalue weighted by molar-refractivity contribution is -0.138. The summed E-state index contributed by atoms with van der Waals surface area (Å²) >= 11 is 0. The fourth-order valence-corrected chi connectivity index (χ4v) is 3.62. The maximum absolute atomic E-state index is 14.8. The van der Waals surface area contributed by atoms with E-state index < -0.39 is 35.3 Å². The average Bonchev–Trinajstić information content (AvgIpc) is 3.22. The molecule has 4 rings (SSSR count). The predicted molar refractivity (Wildman–Crippen MR) is 104 cm³/mol. The van der Waals surface area contributed by atoms with Gasteiger partial charge in [-0.2, -0.15) is 13.2 Å². The number of fused-ring (bicyclic) bond motifs is 3. The van der Waals surface area contributed by atoms with Crippen LogP contribution in [0.25, 0.3) is 10.9 Å². The molecule has 3 aromatic rings. The first-order valence-corrected chi connectivity index (χ1v) is 9.47. The molecule has 3 heterocycles. The van der Waals surface area contributed by atoms with Crippen LogP contribution in [0.5, 0.6) is 0 Å². The molecule has 0 spiro atoms. The highest BCUT2D eigenvalue weighted by Crippen LogP contribution is 2.34. The van der Waals surface area contributed by atoms with Crippen LogP contribution in [0.4, 0.5) is 27.8 Å². The molecule has 2 N–H and O–H groups in total. The number of rotatable bonds is 3. The lowest BCUT2D eigenvalue weighted by Crippen LogP contribution is -2.31. The van der Waals surface area contributed by atoms with Gasteiger partial charge >= 0.3 is 6.18 Å². The zero-order valence-electron chi connectivity index (χ0n) is 16.9. The number of carbonyl (C=O) groups excluding carboxylic acids is 1. The molecule has 0 fully saturated rings. The molecule has 1 atom stereocenters. The van der Waals surface area contributed by atoms with Gasteiger partial charge in [0, 0.05) is 30.3 Å². The zero-order valence-corrected chi connectivity index (χ0v) is 16.9. The van der Waals surface area contributed by atoms with Crippen LogP contribution in [0.3, 0.4) is 0 Å². The molecule has 0 saturated heterocycles. The van der Waals surface area contributed by atoms with Crippen molar-refractivity contribution in [1.82, 2.24) is 14.9 Å². The number of alkyl halides is 3. The number of nitrogens with zero attached hydrogens (tertiary/aromatic N) is 3. The summed E-state index contributed by atoms with van der Waals surface area (Å²) in [6.45, 7) is 1.86. The van der Waals surface area contributed by atoms with Crippen molar-refractivity contribution in [3.8, 4) is 0 Å². The van der Waals surface area contributed by atoms with E-state index in [1.807, 2.05) is 0 Å². The number of hydrogen-bond donors (Lipinski definition) is 1. The molecule has 0 bridgehead atoms. The lowest BCUT2D eigenvalue weighted by Gasteiger charge is -2.25. The summed E-state index contributed by atoms with van der Waals surface area (Å²) in [7, 11) is 1.28. The average molecular weight is 452 g/mol. The van der Waals surface area contributed by atoms with E-state index in [2.05, 4.69) is 9.97 Å². The standard InChI is InChI=1S/C21H17F5N4O2/c1-9(18-16(23)3-10(6-28-18)21(24,25)26)30(2)20(31)12-4-11-13-7-32-8-14(13)19(27)29-17(11)5-15(12)22/h3-6,9H,7-8H2,1-2H3,(H2,27,29). The molecule has 1 aliphatic rings. The molecule has 0 saturated carbocycles. The van der Waals surface area contributed by atoms with Crippen molar-refractivity contribution in [2.45, 2.75) is 32.4 Å². The molecule has 1 amide bonds. The fraction of sp³-hybridized carbons (Fsp3) is 0.286. The molecular formula is C21H17F5N4O2. The molecule has 0 radical (unpaired) electrons. The maximum Gasteiger partial charge on any atom is 0.417 e. The second-order valence-corrected chi connectivity index (χ2v) is 7.48. The van der Waals surface area contributed by atoms with Crippen LogP contribution < -0.4 is 5.73 Å². The maximum atomic E-state index is 14.8. The molecule has 11 heteroatoms. The number of amides is 1. The summed E-state index contributed by atoms with van der Waals surface area (Å²) in [6.07, 6.45) is -4.27. The van der Waals surface area contributed by atoms with Gasteiger partial charge in [-0.3, -0.25) is 9.78 Å². The summed E-state index contributed by atoms with van der Waals surface area (Å²) < 4.78 is 72.8. The number of hydrogen-bond acceptors (Lipinski definition) is 5. The SMILES string of the molecule is CC(c1ncc(C(F)(F)F)cc1F)N(C)C(=O)c1cc2c3c(c(N)nc2cc1F)COC3. The molecule has 2 aromatic heterocycles. The fourth-order valence-electron chi connectivity index (χ4n) is 3.62. The normalized spacial score (nSPS) is 14.5. The molecule has 32 heavy (non-hydrogen) atoms. The number of nitrogens with two attached hydrogens (primary N) is 1. The van der Waals surface area contributed by atoms with Gasteiger partial charge in [-0.15, -0.1) is 0 Å². The Morgan fingerprint density at radius 1 is 1.16 bits per heavy atom. The molecule has 1 unspecified atom stereocenters. The summed E-state index contributed by atoms with van der Waals surface area (Å²) in [6, 6.07) is 1.64. The minimum Gasteiger partial charge on any atom is -0.383 e. The molecule has 168 valence electrons. The Labute approximate surface area is 178 Å². The highest BCUT2D eigenvalue weighted by molar-refractivity contribution is 5.99. The van der Waals surface area contributed by atoms with Crippen molar-refractivity contribution in [3.63, 3.8) is 0 Å². The molecule has 0 aliphatic carbocycles. The summed E-state index contributed by atoms with van der Waals surface area (Å²) in [5.74, 6) is -2.67. The van der Waals surface area contributed by atoms with Crippen molar-refractivity contribution < 1.29 is 31.5 Å². The first kappa shape index (κ1) is 21.9. The lowest BCUT2D eigenvalue weighted by atomic mass is 10.0. The number of carbonyl (C=O) groups is 1. The van der Waals surface area contributed by atoms with Crippen LogP contribution in [0.1, 0.15) is 45.7 Å². The third kappa shape index (κ3) is 3.62. The summed E-state index contributed by atoms with van der Waals surface area (Å²) in [4.78, 5) is 21.7. The van der Waals surface area contributed by atoms with E-state index in [-0.39, 0.29) is 35.8 Å². The number of pyridine rings is 2. The van der Waals surface area contributed by atoms with E-state index in [0.29, 0.717) is 28.8 Å². The second-order valence-electron chi connectivity index (χ2n) is 7.48. The van der Waals surface area contributed by atoms with E-state index in [4.69, 9.17) is 10.5 Å². The first-order valence-electron chi connectivity index (χ1n) is 9.47. The topological polar surface area (TPSA) is 81.3 Å². The number of nitrogen functional groups attached to an aromatic ring is 1. The van der Waals surface area contributed by atoms with Gasteiger partial charge in [0.25, 0.3) is 5.91 Å². The Kier molecular flexibility index (Phi) is 5.24. The van der Waals surface area contributed by atoms with Crippen LogP contribution >= 0.6 is 0 Å². The number of aromatic nitrogens is 2. The van der Waals surface area contributed by atoms with Crippen LogP contribution in [0, 0.1) is 11.6 Å². The van der Waals surface area contributed by atoms with E-state index in [9.17, 15) is 26.7 Å². The van der Waals surface area contributed by atoms with Crippen LogP contribution in [-0.4, -0.2) is 27.8 Å². The van der Waals surface area contributed by atoms with Crippen molar-refractivity contribution in [1.29, 1.82) is 0 Å². The highest BCUT2D eigenvalue weighted by Gasteiger charge is 2.33. The van der Waals surface area contributed by atoms with Crippen LogP contribution in [0.15, 0.2) is 24.4 Å². The number of halogens is 5. The van der Waals surface area contributed by atoms with Crippen molar-refractivity contribution >= 4 is 22.6 Å². The smallest absolute Gasteiger partial charge is 0.383 e. The predicted octanol–water partition coefficient (Wildman–Crippen LogP) is 4.37. The van der Waals surface area contributed by atoms with Crippen molar-refractivity contribution in [3.05, 3.63) is 64.0 Å². The Balaban J connectivity index is 1.70. The van der Waals surface area contributed by atoms with Gasteiger partial charge in [0.15, 0.2) is 0 Å². The van der Waals surface area contributed by atoms with E-state index >= 15 is 0 Å². The number of anilines is 1. The zero-order chi connectivity index (χ0) is 23.4. The second kappa shape index (κ2) is 7.66. The van der Waals surface area contributed by atoms with Gasteiger partial charge in [-0.1, -0.05) is 0 Å². The number of benzene rings is 1. The quantitative estimate of drug-likeness (QED) is 0.597. The minimum absolute atomic E-state index is 0.220. The van der Waals surface area contributed by atoms with E-state index in [0.717, 1.165) is 11.0 Å². The van der Waals surface area contributed by atoms with Gasteiger partial charge in [0.05, 0.1) is 41.6 Å². The Bertz CT molecular complexity index is 1250. The van der Waals surface area contributed by atoms with Crippen LogP contribution in [0.2, 0.25) is 0 Å². The largest absolute Gasteiger partial charge is 0.417 e. The molecule has 1 aliphatic heterocycles. The Hall–Kier alpha value is -3.34. The van der Waals surface area contributed by atoms with Crippen molar-refractivity contribution in [2.24, 2.45) is 0 Å². The number of ether oxygens (including phenoxy) is 1. The van der Waals surface area contributed by atoms with Crippen LogP contribution in [-0.2, 0) is 24.1 Å². The van der Waals surface area contributed by atoms with Gasteiger partial charge in [-0.25, -0.2) is 13.8 Å². The third-order valence-corrected chi connectivity index (χ3v) is 5.54. The Morgan fingerprint density at radius 2 is 1.84 bits per heavy atom. The van der Waals surface area contributed by atoms with Crippen molar-refractivity contribution in [2.75, 3.05) is 12.8 Å². The van der Waals surface area contributed by atoms with Gasteiger partial charge < -0.3 is 15.4 Å². The van der Waals surface area contributed by atoms with Gasteiger partial charge in [0.1, 0.15) is 17.5 Å². The van der Waals surface area contributed by atoms with Gasteiger partial charge in [0.2, 0.25) is 0 Å². The monoisotopic (exact) mass is 452 g/mol. The van der Waals surface area contributed by atoms with E-state index in [1.165, 1.54) is 20.0 Å². The first-order chi connectivity index (χ1) is 15.0. The third-order valence-electron chi connectivity index (χ3n) is 5.54. The molecule has 1 aromatic carbocycles. The summed E-state index contributed by atoms with van der Waals surface area (Å²) in [5.41, 5.74) is 5.58. The summed E-state index contributed by atoms with van der Waals surface area (Å²) in [5, 5.41) is 0.497. The molecular weight excluding hydrogens is 435 g/mol. The molecule has 6 nitrogen and oxygen atoms in total. The van der Waals surface area contributed by atoms with Gasteiger partial charge in [-0.05, 0) is 24.6 Å².